The molecule has 0 spiro atoms. The van der Waals surface area contributed by atoms with Gasteiger partial charge in [0.15, 0.2) is 0 Å². The fourth-order valence-electron chi connectivity index (χ4n) is 5.51. The van der Waals surface area contributed by atoms with Crippen LogP contribution in [0, 0.1) is 0 Å². The predicted octanol–water partition coefficient (Wildman–Crippen LogP) is 9.44. The lowest BCUT2D eigenvalue weighted by Crippen LogP contribution is -2.04. The molecule has 0 N–H and O–H groups in total. The summed E-state index contributed by atoms with van der Waals surface area (Å²) in [7, 11) is 0. The summed E-state index contributed by atoms with van der Waals surface area (Å²) in [4.78, 5) is 0. The van der Waals surface area contributed by atoms with Crippen LogP contribution in [0.3, 0.4) is 0 Å². The first-order chi connectivity index (χ1) is 17.9. The van der Waals surface area contributed by atoms with E-state index < -0.39 is 0 Å². The van der Waals surface area contributed by atoms with Crippen molar-refractivity contribution >= 4 is 0 Å². The molecule has 1 aliphatic rings. The Morgan fingerprint density at radius 1 is 0.556 bits per heavy atom. The van der Waals surface area contributed by atoms with E-state index in [1.165, 1.54) is 55.6 Å². The Kier molecular flexibility index (Phi) is 6.13. The Balaban J connectivity index is 1.79. The summed E-state index contributed by atoms with van der Waals surface area (Å²) in [6.45, 7) is 2.93. The third kappa shape index (κ3) is 3.91. The van der Waals surface area contributed by atoms with Crippen LogP contribution in [0.5, 0.6) is 5.75 Å². The average Bonchev–Trinajstić information content (AvgIpc) is 3.33. The van der Waals surface area contributed by atoms with Crippen LogP contribution >= 0.6 is 0 Å². The Bertz CT molecular complexity index is 1480. The SMILES string of the molecule is CCCCOc1c2c(c(-c3ccccc3)c(-c3ccccc3)c1-c1ccccc1)Cc1ccccc1-2. The van der Waals surface area contributed by atoms with Gasteiger partial charge in [0.2, 0.25) is 0 Å². The maximum Gasteiger partial charge on any atom is 0.135 e. The highest BCUT2D eigenvalue weighted by atomic mass is 16.5. The molecule has 0 amide bonds. The van der Waals surface area contributed by atoms with E-state index in [0.29, 0.717) is 6.61 Å². The third-order valence-corrected chi connectivity index (χ3v) is 7.14. The number of rotatable bonds is 7. The lowest BCUT2D eigenvalue weighted by Gasteiger charge is -2.25. The number of ether oxygens (including phenoxy) is 1. The van der Waals surface area contributed by atoms with E-state index in [0.717, 1.165) is 25.0 Å². The van der Waals surface area contributed by atoms with Crippen molar-refractivity contribution < 1.29 is 4.74 Å². The Hall–Kier alpha value is -4.10. The highest BCUT2D eigenvalue weighted by molar-refractivity contribution is 6.05. The van der Waals surface area contributed by atoms with Gasteiger partial charge in [0.1, 0.15) is 5.75 Å². The Morgan fingerprint density at radius 2 is 1.08 bits per heavy atom. The van der Waals surface area contributed by atoms with Crippen molar-refractivity contribution in [1.29, 1.82) is 0 Å². The van der Waals surface area contributed by atoms with Crippen molar-refractivity contribution in [2.45, 2.75) is 26.2 Å². The summed E-state index contributed by atoms with van der Waals surface area (Å²) < 4.78 is 6.78. The van der Waals surface area contributed by atoms with Crippen LogP contribution in [0.2, 0.25) is 0 Å². The van der Waals surface area contributed by atoms with Crippen molar-refractivity contribution in [2.75, 3.05) is 6.61 Å². The molecule has 1 aliphatic carbocycles. The Morgan fingerprint density at radius 3 is 1.69 bits per heavy atom. The second-order valence-electron chi connectivity index (χ2n) is 9.44. The first-order valence-corrected chi connectivity index (χ1v) is 13.0. The molecule has 176 valence electrons. The summed E-state index contributed by atoms with van der Waals surface area (Å²) in [5.74, 6) is 1.02. The van der Waals surface area contributed by atoms with E-state index in [-0.39, 0.29) is 0 Å². The molecule has 5 aromatic rings. The summed E-state index contributed by atoms with van der Waals surface area (Å²) in [6, 6.07) is 41.3. The van der Waals surface area contributed by atoms with Gasteiger partial charge in [0.05, 0.1) is 6.61 Å². The maximum atomic E-state index is 6.78. The first kappa shape index (κ1) is 22.4. The molecule has 1 nitrogen and oxygen atoms in total. The van der Waals surface area contributed by atoms with E-state index in [2.05, 4.69) is 122 Å². The summed E-state index contributed by atoms with van der Waals surface area (Å²) in [6.07, 6.45) is 3.05. The first-order valence-electron chi connectivity index (χ1n) is 13.0. The molecule has 1 heteroatoms. The number of hydrogen-bond acceptors (Lipinski definition) is 1. The molecule has 0 bridgehead atoms. The second kappa shape index (κ2) is 9.87. The molecule has 0 radical (unpaired) electrons. The van der Waals surface area contributed by atoms with Gasteiger partial charge in [0, 0.05) is 16.7 Å². The van der Waals surface area contributed by atoms with Crippen LogP contribution in [-0.2, 0) is 6.42 Å². The van der Waals surface area contributed by atoms with Crippen LogP contribution in [-0.4, -0.2) is 6.61 Å². The van der Waals surface area contributed by atoms with Crippen molar-refractivity contribution in [1.82, 2.24) is 0 Å². The lowest BCUT2D eigenvalue weighted by molar-refractivity contribution is 0.312. The van der Waals surface area contributed by atoms with Gasteiger partial charge in [0.25, 0.3) is 0 Å². The summed E-state index contributed by atoms with van der Waals surface area (Å²) in [5, 5.41) is 0. The number of benzene rings is 5. The van der Waals surface area contributed by atoms with Crippen LogP contribution in [0.15, 0.2) is 115 Å². The molecule has 0 aromatic heterocycles. The molecule has 0 aliphatic heterocycles. The number of hydrogen-bond donors (Lipinski definition) is 0. The maximum absolute atomic E-state index is 6.78. The monoisotopic (exact) mass is 466 g/mol. The number of fused-ring (bicyclic) bond motifs is 3. The molecule has 0 fully saturated rings. The van der Waals surface area contributed by atoms with Crippen molar-refractivity contribution in [3.05, 3.63) is 126 Å². The minimum Gasteiger partial charge on any atom is -0.492 e. The largest absolute Gasteiger partial charge is 0.492 e. The zero-order chi connectivity index (χ0) is 24.3. The van der Waals surface area contributed by atoms with Gasteiger partial charge in [-0.3, -0.25) is 0 Å². The van der Waals surface area contributed by atoms with Gasteiger partial charge >= 0.3 is 0 Å². The minimum atomic E-state index is 0.712. The highest BCUT2D eigenvalue weighted by Gasteiger charge is 2.32. The molecule has 36 heavy (non-hydrogen) atoms. The highest BCUT2D eigenvalue weighted by Crippen LogP contribution is 2.56. The summed E-state index contributed by atoms with van der Waals surface area (Å²) in [5.41, 5.74) is 12.7. The standard InChI is InChI=1S/C35H30O/c1-2-3-23-36-35-33(27-19-11-6-12-20-27)32(26-17-9-5-10-18-26)31(25-15-7-4-8-16-25)30-24-28-21-13-14-22-29(28)34(30)35/h4-22H,2-3,23-24H2,1H3. The molecule has 0 unspecified atom stereocenters. The molecule has 0 atom stereocenters. The van der Waals surface area contributed by atoms with E-state index in [1.807, 2.05) is 0 Å². The van der Waals surface area contributed by atoms with E-state index in [9.17, 15) is 0 Å². The number of unbranched alkanes of at least 4 members (excludes halogenated alkanes) is 1. The van der Waals surface area contributed by atoms with Gasteiger partial charge in [-0.05, 0) is 51.8 Å². The Labute approximate surface area is 214 Å². The zero-order valence-corrected chi connectivity index (χ0v) is 20.7. The minimum absolute atomic E-state index is 0.712. The molecule has 0 heterocycles. The smallest absolute Gasteiger partial charge is 0.135 e. The fraction of sp³-hybridized carbons (Fsp3) is 0.143. The van der Waals surface area contributed by atoms with Crippen LogP contribution in [0.4, 0.5) is 0 Å². The fourth-order valence-corrected chi connectivity index (χ4v) is 5.51. The van der Waals surface area contributed by atoms with Crippen LogP contribution in [0.25, 0.3) is 44.5 Å². The van der Waals surface area contributed by atoms with Gasteiger partial charge in [-0.1, -0.05) is 129 Å². The lowest BCUT2D eigenvalue weighted by atomic mass is 9.81. The van der Waals surface area contributed by atoms with Crippen LogP contribution in [0.1, 0.15) is 30.9 Å². The molecule has 0 saturated heterocycles. The summed E-state index contributed by atoms with van der Waals surface area (Å²) >= 11 is 0. The molecule has 5 aromatic carbocycles. The van der Waals surface area contributed by atoms with Crippen LogP contribution < -0.4 is 4.74 Å². The van der Waals surface area contributed by atoms with Crippen molar-refractivity contribution in [3.8, 4) is 50.3 Å². The quantitative estimate of drug-likeness (QED) is 0.213. The molecular weight excluding hydrogens is 436 g/mol. The van der Waals surface area contributed by atoms with Gasteiger partial charge < -0.3 is 4.74 Å². The zero-order valence-electron chi connectivity index (χ0n) is 20.7. The average molecular weight is 467 g/mol. The van der Waals surface area contributed by atoms with E-state index >= 15 is 0 Å². The third-order valence-electron chi connectivity index (χ3n) is 7.14. The van der Waals surface area contributed by atoms with Crippen molar-refractivity contribution in [2.24, 2.45) is 0 Å². The molecular formula is C35H30O. The molecule has 6 rings (SSSR count). The normalized spacial score (nSPS) is 11.7. The predicted molar refractivity (Wildman–Crippen MR) is 151 cm³/mol. The molecule has 0 saturated carbocycles. The van der Waals surface area contributed by atoms with Crippen molar-refractivity contribution in [3.63, 3.8) is 0 Å². The van der Waals surface area contributed by atoms with E-state index in [4.69, 9.17) is 4.74 Å². The topological polar surface area (TPSA) is 9.23 Å². The van der Waals surface area contributed by atoms with Gasteiger partial charge in [-0.25, -0.2) is 0 Å². The second-order valence-corrected chi connectivity index (χ2v) is 9.44. The van der Waals surface area contributed by atoms with Gasteiger partial charge in [-0.2, -0.15) is 0 Å². The van der Waals surface area contributed by atoms with Gasteiger partial charge in [-0.15, -0.1) is 0 Å². The van der Waals surface area contributed by atoms with E-state index in [1.54, 1.807) is 0 Å².